The van der Waals surface area contributed by atoms with Gasteiger partial charge in [-0.3, -0.25) is 0 Å². The molecule has 5 heteroatoms. The highest BCUT2D eigenvalue weighted by Gasteiger charge is 2.07. The Labute approximate surface area is 106 Å². The molecule has 0 amide bonds. The van der Waals surface area contributed by atoms with Gasteiger partial charge in [0.2, 0.25) is 5.95 Å². The Morgan fingerprint density at radius 2 is 2.06 bits per heavy atom. The summed E-state index contributed by atoms with van der Waals surface area (Å²) in [5.74, 6) is 1.68. The van der Waals surface area contributed by atoms with Gasteiger partial charge in [-0.05, 0) is 28.5 Å². The van der Waals surface area contributed by atoms with Crippen LogP contribution in [0, 0.1) is 0 Å². The fourth-order valence-electron chi connectivity index (χ4n) is 1.50. The van der Waals surface area contributed by atoms with Gasteiger partial charge in [0, 0.05) is 33.9 Å². The molecular formula is C12H16N4S. The second kappa shape index (κ2) is 5.14. The Balaban J connectivity index is 2.13. The molecule has 4 nitrogen and oxygen atoms in total. The van der Waals surface area contributed by atoms with Crippen LogP contribution in [0.3, 0.4) is 0 Å². The second-order valence-corrected chi connectivity index (χ2v) is 4.88. The van der Waals surface area contributed by atoms with E-state index in [-0.39, 0.29) is 0 Å². The molecule has 2 rings (SSSR count). The quantitative estimate of drug-likeness (QED) is 0.830. The molecular weight excluding hydrogens is 232 g/mol. The number of anilines is 2. The summed E-state index contributed by atoms with van der Waals surface area (Å²) in [7, 11) is 5.96. The van der Waals surface area contributed by atoms with Gasteiger partial charge in [0.25, 0.3) is 0 Å². The third-order valence-electron chi connectivity index (χ3n) is 2.43. The zero-order valence-electron chi connectivity index (χ0n) is 10.3. The Bertz CT molecular complexity index is 467. The van der Waals surface area contributed by atoms with Crippen molar-refractivity contribution in [2.45, 2.75) is 6.54 Å². The van der Waals surface area contributed by atoms with Gasteiger partial charge in [-0.15, -0.1) is 0 Å². The lowest BCUT2D eigenvalue weighted by Crippen LogP contribution is -2.20. The van der Waals surface area contributed by atoms with Crippen molar-refractivity contribution in [3.8, 4) is 0 Å². The molecule has 2 aromatic rings. The molecule has 0 aliphatic heterocycles. The number of aromatic nitrogens is 2. The topological polar surface area (TPSA) is 32.3 Å². The first kappa shape index (κ1) is 11.9. The first-order valence-electron chi connectivity index (χ1n) is 5.39. The van der Waals surface area contributed by atoms with E-state index in [9.17, 15) is 0 Å². The molecule has 17 heavy (non-hydrogen) atoms. The molecule has 0 unspecified atom stereocenters. The average Bonchev–Trinajstić information content (AvgIpc) is 2.82. The van der Waals surface area contributed by atoms with Crippen LogP contribution < -0.4 is 9.80 Å². The molecule has 2 aromatic heterocycles. The zero-order chi connectivity index (χ0) is 12.3. The van der Waals surface area contributed by atoms with E-state index < -0.39 is 0 Å². The molecule has 0 aromatic carbocycles. The Morgan fingerprint density at radius 1 is 1.24 bits per heavy atom. The maximum absolute atomic E-state index is 4.50. The van der Waals surface area contributed by atoms with Crippen molar-refractivity contribution in [3.05, 3.63) is 34.7 Å². The van der Waals surface area contributed by atoms with Crippen molar-refractivity contribution in [1.82, 2.24) is 9.97 Å². The first-order valence-corrected chi connectivity index (χ1v) is 6.33. The van der Waals surface area contributed by atoms with Crippen LogP contribution in [-0.4, -0.2) is 31.1 Å². The Kier molecular flexibility index (Phi) is 3.58. The van der Waals surface area contributed by atoms with E-state index in [1.807, 2.05) is 32.1 Å². The van der Waals surface area contributed by atoms with Gasteiger partial charge in [-0.1, -0.05) is 0 Å². The van der Waals surface area contributed by atoms with E-state index in [0.717, 1.165) is 18.3 Å². The zero-order valence-corrected chi connectivity index (χ0v) is 11.1. The lowest BCUT2D eigenvalue weighted by molar-refractivity contribution is 0.863. The smallest absolute Gasteiger partial charge is 0.227 e. The predicted molar refractivity (Wildman–Crippen MR) is 72.8 cm³/mol. The lowest BCUT2D eigenvalue weighted by atomic mass is 10.3. The van der Waals surface area contributed by atoms with Crippen molar-refractivity contribution in [2.75, 3.05) is 30.9 Å². The fourth-order valence-corrected chi connectivity index (χ4v) is 2.16. The van der Waals surface area contributed by atoms with E-state index in [2.05, 4.69) is 31.7 Å². The first-order chi connectivity index (χ1) is 8.16. The third kappa shape index (κ3) is 2.94. The largest absolute Gasteiger partial charge is 0.363 e. The molecule has 0 saturated carbocycles. The highest BCUT2D eigenvalue weighted by Crippen LogP contribution is 2.15. The van der Waals surface area contributed by atoms with Gasteiger partial charge in [0.05, 0.1) is 0 Å². The third-order valence-corrected chi connectivity index (χ3v) is 3.16. The van der Waals surface area contributed by atoms with Gasteiger partial charge >= 0.3 is 0 Å². The SMILES string of the molecule is CN(C)c1ccnc(N(C)Cc2ccsc2)n1. The van der Waals surface area contributed by atoms with E-state index in [0.29, 0.717) is 0 Å². The Hall–Kier alpha value is -1.62. The normalized spacial score (nSPS) is 10.3. The number of nitrogens with zero attached hydrogens (tertiary/aromatic N) is 4. The van der Waals surface area contributed by atoms with Crippen LogP contribution in [0.5, 0.6) is 0 Å². The van der Waals surface area contributed by atoms with Crippen molar-refractivity contribution in [3.63, 3.8) is 0 Å². The van der Waals surface area contributed by atoms with Gasteiger partial charge in [0.1, 0.15) is 5.82 Å². The van der Waals surface area contributed by atoms with Crippen molar-refractivity contribution < 1.29 is 0 Å². The summed E-state index contributed by atoms with van der Waals surface area (Å²) < 4.78 is 0. The van der Waals surface area contributed by atoms with Crippen molar-refractivity contribution in [2.24, 2.45) is 0 Å². The molecule has 0 bridgehead atoms. The monoisotopic (exact) mass is 248 g/mol. The molecule has 0 saturated heterocycles. The molecule has 0 N–H and O–H groups in total. The minimum Gasteiger partial charge on any atom is -0.363 e. The molecule has 90 valence electrons. The molecule has 0 fully saturated rings. The maximum atomic E-state index is 4.50. The molecule has 0 radical (unpaired) electrons. The average molecular weight is 248 g/mol. The van der Waals surface area contributed by atoms with Crippen LogP contribution in [0.4, 0.5) is 11.8 Å². The molecule has 2 heterocycles. The van der Waals surface area contributed by atoms with Crippen LogP contribution in [0.1, 0.15) is 5.56 Å². The van der Waals surface area contributed by atoms with Crippen molar-refractivity contribution in [1.29, 1.82) is 0 Å². The van der Waals surface area contributed by atoms with E-state index in [1.165, 1.54) is 5.56 Å². The highest BCUT2D eigenvalue weighted by molar-refractivity contribution is 7.07. The highest BCUT2D eigenvalue weighted by atomic mass is 32.1. The molecule has 0 atom stereocenters. The van der Waals surface area contributed by atoms with Crippen LogP contribution in [0.15, 0.2) is 29.1 Å². The summed E-state index contributed by atoms with van der Waals surface area (Å²) in [5.41, 5.74) is 1.29. The molecule has 0 aliphatic rings. The minimum absolute atomic E-state index is 0.752. The van der Waals surface area contributed by atoms with E-state index in [4.69, 9.17) is 0 Å². The van der Waals surface area contributed by atoms with Gasteiger partial charge in [-0.2, -0.15) is 16.3 Å². The standard InChI is InChI=1S/C12H16N4S/c1-15(2)11-4-6-13-12(14-11)16(3)8-10-5-7-17-9-10/h4-7,9H,8H2,1-3H3. The minimum atomic E-state index is 0.752. The summed E-state index contributed by atoms with van der Waals surface area (Å²) in [6.45, 7) is 0.834. The summed E-state index contributed by atoms with van der Waals surface area (Å²) in [6.07, 6.45) is 1.79. The second-order valence-electron chi connectivity index (χ2n) is 4.10. The summed E-state index contributed by atoms with van der Waals surface area (Å²) in [5, 5.41) is 4.23. The number of thiophene rings is 1. The number of hydrogen-bond acceptors (Lipinski definition) is 5. The molecule has 0 aliphatic carbocycles. The summed E-state index contributed by atoms with van der Waals surface area (Å²) in [4.78, 5) is 12.8. The van der Waals surface area contributed by atoms with Crippen molar-refractivity contribution >= 4 is 23.1 Å². The van der Waals surface area contributed by atoms with E-state index in [1.54, 1.807) is 17.5 Å². The van der Waals surface area contributed by atoms with Crippen LogP contribution in [0.2, 0.25) is 0 Å². The summed E-state index contributed by atoms with van der Waals surface area (Å²) in [6, 6.07) is 4.03. The predicted octanol–water partition coefficient (Wildman–Crippen LogP) is 2.24. The van der Waals surface area contributed by atoms with Gasteiger partial charge in [0.15, 0.2) is 0 Å². The van der Waals surface area contributed by atoms with Gasteiger partial charge in [-0.25, -0.2) is 4.98 Å². The summed E-state index contributed by atoms with van der Waals surface area (Å²) >= 11 is 1.71. The van der Waals surface area contributed by atoms with Gasteiger partial charge < -0.3 is 9.80 Å². The number of hydrogen-bond donors (Lipinski definition) is 0. The molecule has 0 spiro atoms. The van der Waals surface area contributed by atoms with Crippen LogP contribution in [-0.2, 0) is 6.54 Å². The van der Waals surface area contributed by atoms with E-state index >= 15 is 0 Å². The lowest BCUT2D eigenvalue weighted by Gasteiger charge is -2.18. The fraction of sp³-hybridized carbons (Fsp3) is 0.333. The Morgan fingerprint density at radius 3 is 2.71 bits per heavy atom. The van der Waals surface area contributed by atoms with Crippen LogP contribution in [0.25, 0.3) is 0 Å². The van der Waals surface area contributed by atoms with Crippen LogP contribution >= 0.6 is 11.3 Å². The number of rotatable bonds is 4. The maximum Gasteiger partial charge on any atom is 0.227 e.